The molecule has 2 N–H and O–H groups in total. The number of aryl methyl sites for hydroxylation is 1. The van der Waals surface area contributed by atoms with E-state index in [0.29, 0.717) is 25.4 Å². The Labute approximate surface area is 153 Å². The zero-order valence-electron chi connectivity index (χ0n) is 13.9. The highest BCUT2D eigenvalue weighted by molar-refractivity contribution is 14.0. The van der Waals surface area contributed by atoms with E-state index < -0.39 is 0 Å². The van der Waals surface area contributed by atoms with E-state index >= 15 is 0 Å². The first kappa shape index (κ1) is 19.4. The standard InChI is InChI=1S/C14H23N7O.HI/c1-10(2)13-19-12(22-20-13)6-7-16-14(15-3)17-9-11-5-8-18-21(11)4;/h5,8,10H,6-7,9H2,1-4H3,(H2,15,16,17);1H. The Morgan fingerprint density at radius 3 is 2.74 bits per heavy atom. The molecule has 0 radical (unpaired) electrons. The second-order valence-electron chi connectivity index (χ2n) is 5.25. The monoisotopic (exact) mass is 433 g/mol. The summed E-state index contributed by atoms with van der Waals surface area (Å²) in [6.07, 6.45) is 2.43. The van der Waals surface area contributed by atoms with Crippen LogP contribution in [-0.2, 0) is 20.0 Å². The van der Waals surface area contributed by atoms with Crippen LogP contribution in [-0.4, -0.2) is 39.5 Å². The van der Waals surface area contributed by atoms with Gasteiger partial charge in [0.15, 0.2) is 11.8 Å². The molecule has 0 aliphatic carbocycles. The van der Waals surface area contributed by atoms with Gasteiger partial charge < -0.3 is 15.2 Å². The Balaban J connectivity index is 0.00000264. The second-order valence-corrected chi connectivity index (χ2v) is 5.25. The molecule has 0 fully saturated rings. The SMILES string of the molecule is CN=C(NCCc1nc(C(C)C)no1)NCc1ccnn1C.I. The molecule has 2 aromatic heterocycles. The van der Waals surface area contributed by atoms with E-state index in [1.54, 1.807) is 13.2 Å². The zero-order chi connectivity index (χ0) is 15.9. The number of nitrogens with zero attached hydrogens (tertiary/aromatic N) is 5. The fourth-order valence-corrected chi connectivity index (χ4v) is 1.86. The van der Waals surface area contributed by atoms with Crippen molar-refractivity contribution in [3.63, 3.8) is 0 Å². The summed E-state index contributed by atoms with van der Waals surface area (Å²) in [5, 5.41) is 14.5. The molecule has 0 aliphatic heterocycles. The van der Waals surface area contributed by atoms with Gasteiger partial charge in [-0.2, -0.15) is 10.1 Å². The third-order valence-corrected chi connectivity index (χ3v) is 3.21. The lowest BCUT2D eigenvalue weighted by molar-refractivity contribution is 0.371. The van der Waals surface area contributed by atoms with Gasteiger partial charge in [0.25, 0.3) is 0 Å². The number of guanidine groups is 1. The third-order valence-electron chi connectivity index (χ3n) is 3.21. The van der Waals surface area contributed by atoms with Crippen molar-refractivity contribution in [1.29, 1.82) is 0 Å². The molecule has 0 aliphatic rings. The van der Waals surface area contributed by atoms with Gasteiger partial charge in [0.05, 0.1) is 12.2 Å². The van der Waals surface area contributed by atoms with Crippen molar-refractivity contribution in [3.05, 3.63) is 29.7 Å². The van der Waals surface area contributed by atoms with Gasteiger partial charge in [0.2, 0.25) is 5.89 Å². The van der Waals surface area contributed by atoms with E-state index in [2.05, 4.69) is 30.9 Å². The van der Waals surface area contributed by atoms with Crippen LogP contribution in [0.1, 0.15) is 37.2 Å². The molecule has 9 heteroatoms. The highest BCUT2D eigenvalue weighted by atomic mass is 127. The largest absolute Gasteiger partial charge is 0.356 e. The summed E-state index contributed by atoms with van der Waals surface area (Å²) in [6.45, 7) is 5.41. The van der Waals surface area contributed by atoms with E-state index in [1.807, 2.05) is 31.6 Å². The molecule has 0 atom stereocenters. The minimum atomic E-state index is 0. The van der Waals surface area contributed by atoms with Crippen LogP contribution in [0.25, 0.3) is 0 Å². The molecule has 2 rings (SSSR count). The number of nitrogens with one attached hydrogen (secondary N) is 2. The van der Waals surface area contributed by atoms with Gasteiger partial charge in [0.1, 0.15) is 0 Å². The summed E-state index contributed by atoms with van der Waals surface area (Å²) in [7, 11) is 3.65. The smallest absolute Gasteiger partial charge is 0.228 e. The van der Waals surface area contributed by atoms with Gasteiger partial charge in [-0.3, -0.25) is 9.67 Å². The summed E-state index contributed by atoms with van der Waals surface area (Å²) in [5.41, 5.74) is 1.08. The normalized spacial score (nSPS) is 11.4. The molecule has 128 valence electrons. The van der Waals surface area contributed by atoms with E-state index in [9.17, 15) is 0 Å². The quantitative estimate of drug-likeness (QED) is 0.407. The molecule has 0 aromatic carbocycles. The molecule has 0 saturated heterocycles. The molecule has 2 heterocycles. The molecule has 23 heavy (non-hydrogen) atoms. The molecule has 0 spiro atoms. The van der Waals surface area contributed by atoms with Crippen molar-refractivity contribution in [2.45, 2.75) is 32.7 Å². The molecular weight excluding hydrogens is 409 g/mol. The Bertz CT molecular complexity index is 620. The first-order chi connectivity index (χ1) is 10.6. The summed E-state index contributed by atoms with van der Waals surface area (Å²) >= 11 is 0. The molecule has 0 bridgehead atoms. The van der Waals surface area contributed by atoms with Crippen LogP contribution < -0.4 is 10.6 Å². The maximum absolute atomic E-state index is 5.20. The van der Waals surface area contributed by atoms with Crippen LogP contribution in [0.5, 0.6) is 0 Å². The van der Waals surface area contributed by atoms with Crippen molar-refractivity contribution in [2.24, 2.45) is 12.0 Å². The van der Waals surface area contributed by atoms with Gasteiger partial charge in [-0.1, -0.05) is 19.0 Å². The first-order valence-corrected chi connectivity index (χ1v) is 7.34. The number of hydrogen-bond donors (Lipinski definition) is 2. The van der Waals surface area contributed by atoms with Gasteiger partial charge in [-0.05, 0) is 6.07 Å². The Morgan fingerprint density at radius 2 is 2.17 bits per heavy atom. The first-order valence-electron chi connectivity index (χ1n) is 7.34. The van der Waals surface area contributed by atoms with Crippen molar-refractivity contribution in [3.8, 4) is 0 Å². The number of aliphatic imine (C=N–C) groups is 1. The average Bonchev–Trinajstić information content (AvgIpc) is 3.12. The number of rotatable bonds is 6. The maximum Gasteiger partial charge on any atom is 0.228 e. The highest BCUT2D eigenvalue weighted by Gasteiger charge is 2.09. The molecule has 8 nitrogen and oxygen atoms in total. The lowest BCUT2D eigenvalue weighted by atomic mass is 10.2. The number of hydrogen-bond acceptors (Lipinski definition) is 5. The van der Waals surface area contributed by atoms with Crippen LogP contribution in [0.2, 0.25) is 0 Å². The lowest BCUT2D eigenvalue weighted by Crippen LogP contribution is -2.38. The summed E-state index contributed by atoms with van der Waals surface area (Å²) in [4.78, 5) is 8.52. The fraction of sp³-hybridized carbons (Fsp3) is 0.571. The Hall–Kier alpha value is -1.65. The molecule has 0 unspecified atom stereocenters. The van der Waals surface area contributed by atoms with E-state index in [-0.39, 0.29) is 29.9 Å². The van der Waals surface area contributed by atoms with Gasteiger partial charge in [0, 0.05) is 39.2 Å². The van der Waals surface area contributed by atoms with Crippen molar-refractivity contribution in [1.82, 2.24) is 30.6 Å². The van der Waals surface area contributed by atoms with Crippen LogP contribution in [0.3, 0.4) is 0 Å². The van der Waals surface area contributed by atoms with E-state index in [4.69, 9.17) is 4.52 Å². The second kappa shape index (κ2) is 9.48. The number of aromatic nitrogens is 4. The summed E-state index contributed by atoms with van der Waals surface area (Å²) in [5.74, 6) is 2.38. The molecule has 0 amide bonds. The molecule has 0 saturated carbocycles. The van der Waals surface area contributed by atoms with Crippen molar-refractivity contribution < 1.29 is 4.52 Å². The fourth-order valence-electron chi connectivity index (χ4n) is 1.86. The molecular formula is C14H24IN7O. The Morgan fingerprint density at radius 1 is 1.39 bits per heavy atom. The van der Waals surface area contributed by atoms with E-state index in [1.165, 1.54) is 0 Å². The van der Waals surface area contributed by atoms with Crippen LogP contribution in [0, 0.1) is 0 Å². The number of halogens is 1. The Kier molecular flexibility index (Phi) is 8.00. The van der Waals surface area contributed by atoms with Gasteiger partial charge >= 0.3 is 0 Å². The molecule has 2 aromatic rings. The average molecular weight is 433 g/mol. The third kappa shape index (κ3) is 5.81. The highest BCUT2D eigenvalue weighted by Crippen LogP contribution is 2.09. The van der Waals surface area contributed by atoms with Crippen LogP contribution in [0.4, 0.5) is 0 Å². The van der Waals surface area contributed by atoms with Crippen LogP contribution >= 0.6 is 24.0 Å². The van der Waals surface area contributed by atoms with E-state index in [0.717, 1.165) is 17.5 Å². The minimum absolute atomic E-state index is 0. The minimum Gasteiger partial charge on any atom is -0.356 e. The topological polar surface area (TPSA) is 93.2 Å². The van der Waals surface area contributed by atoms with Crippen LogP contribution in [0.15, 0.2) is 21.8 Å². The predicted molar refractivity (Wildman–Crippen MR) is 98.9 cm³/mol. The summed E-state index contributed by atoms with van der Waals surface area (Å²) in [6, 6.07) is 1.96. The van der Waals surface area contributed by atoms with Gasteiger partial charge in [-0.25, -0.2) is 0 Å². The zero-order valence-corrected chi connectivity index (χ0v) is 16.2. The lowest BCUT2D eigenvalue weighted by Gasteiger charge is -2.11. The van der Waals surface area contributed by atoms with Crippen molar-refractivity contribution in [2.75, 3.05) is 13.6 Å². The summed E-state index contributed by atoms with van der Waals surface area (Å²) < 4.78 is 7.03. The predicted octanol–water partition coefficient (Wildman–Crippen LogP) is 1.45. The van der Waals surface area contributed by atoms with Crippen molar-refractivity contribution >= 4 is 29.9 Å². The maximum atomic E-state index is 5.20. The van der Waals surface area contributed by atoms with Gasteiger partial charge in [-0.15, -0.1) is 24.0 Å².